The first-order chi connectivity index (χ1) is 14.9. The van der Waals surface area contributed by atoms with Crippen molar-refractivity contribution < 1.29 is 18.0 Å². The second-order valence-electron chi connectivity index (χ2n) is 7.91. The first-order valence-electron chi connectivity index (χ1n) is 10.7. The fourth-order valence-electron chi connectivity index (χ4n) is 4.30. The van der Waals surface area contributed by atoms with Crippen molar-refractivity contribution in [1.82, 2.24) is 9.62 Å². The van der Waals surface area contributed by atoms with Gasteiger partial charge < -0.3 is 5.32 Å². The van der Waals surface area contributed by atoms with Crippen molar-refractivity contribution in [2.45, 2.75) is 43.5 Å². The van der Waals surface area contributed by atoms with E-state index in [2.05, 4.69) is 5.32 Å². The molecule has 1 atom stereocenters. The largest absolute Gasteiger partial charge is 0.355 e. The van der Waals surface area contributed by atoms with Crippen LogP contribution >= 0.6 is 0 Å². The monoisotopic (exact) mass is 441 g/mol. The summed E-state index contributed by atoms with van der Waals surface area (Å²) >= 11 is 0. The first kappa shape index (κ1) is 21.5. The van der Waals surface area contributed by atoms with E-state index in [1.165, 1.54) is 33.5 Å². The van der Waals surface area contributed by atoms with E-state index in [1.807, 2.05) is 31.2 Å². The lowest BCUT2D eigenvalue weighted by molar-refractivity contribution is -0.122. The second kappa shape index (κ2) is 8.80. The van der Waals surface area contributed by atoms with Gasteiger partial charge in [0, 0.05) is 37.3 Å². The number of hydrogen-bond donors (Lipinski definition) is 1. The quantitative estimate of drug-likeness (QED) is 0.773. The van der Waals surface area contributed by atoms with Crippen LogP contribution in [-0.4, -0.2) is 50.2 Å². The van der Waals surface area contributed by atoms with E-state index < -0.39 is 16.1 Å². The Morgan fingerprint density at radius 1 is 1.00 bits per heavy atom. The Morgan fingerprint density at radius 2 is 1.68 bits per heavy atom. The minimum Gasteiger partial charge on any atom is -0.355 e. The Hall–Kier alpha value is -2.71. The molecule has 0 bridgehead atoms. The number of benzene rings is 2. The molecule has 0 spiro atoms. The predicted octanol–water partition coefficient (Wildman–Crippen LogP) is 2.57. The zero-order valence-corrected chi connectivity index (χ0v) is 18.4. The average molecular weight is 442 g/mol. The maximum absolute atomic E-state index is 13.4. The number of rotatable bonds is 5. The highest BCUT2D eigenvalue weighted by Crippen LogP contribution is 2.33. The number of para-hydroxylation sites is 1. The van der Waals surface area contributed by atoms with Crippen LogP contribution in [0, 0.1) is 0 Å². The molecule has 0 aromatic heterocycles. The molecule has 2 aromatic rings. The van der Waals surface area contributed by atoms with Gasteiger partial charge in [0.25, 0.3) is 5.91 Å². The maximum atomic E-state index is 13.4. The van der Waals surface area contributed by atoms with Gasteiger partial charge in [0.2, 0.25) is 15.9 Å². The summed E-state index contributed by atoms with van der Waals surface area (Å²) in [5, 5.41) is 2.81. The molecular formula is C23H27N3O4S. The molecule has 7 nitrogen and oxygen atoms in total. The molecule has 2 amide bonds. The third-order valence-electron chi connectivity index (χ3n) is 5.90. The van der Waals surface area contributed by atoms with Crippen molar-refractivity contribution in [3.05, 3.63) is 59.7 Å². The summed E-state index contributed by atoms with van der Waals surface area (Å²) in [5.74, 6) is -0.514. The third kappa shape index (κ3) is 4.09. The molecule has 1 saturated heterocycles. The van der Waals surface area contributed by atoms with Crippen molar-refractivity contribution in [2.24, 2.45) is 0 Å². The first-order valence-corrected chi connectivity index (χ1v) is 12.2. The summed E-state index contributed by atoms with van der Waals surface area (Å²) in [4.78, 5) is 27.7. The molecule has 1 fully saturated rings. The van der Waals surface area contributed by atoms with E-state index in [4.69, 9.17) is 0 Å². The molecule has 0 saturated carbocycles. The number of hydrogen-bond acceptors (Lipinski definition) is 4. The SMILES string of the molecule is CCNC(=O)C1Cc2ccccc2N1C(=O)c1ccc(S(=O)(=O)N2CCCCC2)cc1. The Morgan fingerprint density at radius 3 is 2.35 bits per heavy atom. The van der Waals surface area contributed by atoms with E-state index >= 15 is 0 Å². The molecule has 31 heavy (non-hydrogen) atoms. The summed E-state index contributed by atoms with van der Waals surface area (Å²) in [6.45, 7) is 3.38. The van der Waals surface area contributed by atoms with Crippen LogP contribution in [0.1, 0.15) is 42.1 Å². The number of sulfonamides is 1. The highest BCUT2D eigenvalue weighted by Gasteiger charge is 2.38. The van der Waals surface area contributed by atoms with Gasteiger partial charge in [-0.3, -0.25) is 14.5 Å². The summed E-state index contributed by atoms with van der Waals surface area (Å²) in [7, 11) is -3.56. The predicted molar refractivity (Wildman–Crippen MR) is 118 cm³/mol. The van der Waals surface area contributed by atoms with Crippen molar-refractivity contribution >= 4 is 27.5 Å². The summed E-state index contributed by atoms with van der Waals surface area (Å²) in [5.41, 5.74) is 2.01. The number of fused-ring (bicyclic) bond motifs is 1. The molecule has 164 valence electrons. The van der Waals surface area contributed by atoms with Crippen LogP contribution in [0.4, 0.5) is 5.69 Å². The number of likely N-dealkylation sites (N-methyl/N-ethyl adjacent to an activating group) is 1. The molecular weight excluding hydrogens is 414 g/mol. The lowest BCUT2D eigenvalue weighted by atomic mass is 10.1. The fourth-order valence-corrected chi connectivity index (χ4v) is 5.82. The van der Waals surface area contributed by atoms with Crippen LogP contribution in [-0.2, 0) is 21.2 Å². The van der Waals surface area contributed by atoms with E-state index in [1.54, 1.807) is 0 Å². The molecule has 4 rings (SSSR count). The molecule has 2 aliphatic rings. The van der Waals surface area contributed by atoms with Gasteiger partial charge in [-0.15, -0.1) is 0 Å². The van der Waals surface area contributed by atoms with Crippen LogP contribution in [0.2, 0.25) is 0 Å². The molecule has 1 unspecified atom stereocenters. The maximum Gasteiger partial charge on any atom is 0.259 e. The van der Waals surface area contributed by atoms with Crippen LogP contribution in [0.3, 0.4) is 0 Å². The number of carbonyl (C=O) groups excluding carboxylic acids is 2. The van der Waals surface area contributed by atoms with Crippen LogP contribution in [0.5, 0.6) is 0 Å². The van der Waals surface area contributed by atoms with Crippen LogP contribution in [0.15, 0.2) is 53.4 Å². The minimum atomic E-state index is -3.56. The molecule has 8 heteroatoms. The van der Waals surface area contributed by atoms with E-state index in [0.717, 1.165) is 24.8 Å². The third-order valence-corrected chi connectivity index (χ3v) is 7.82. The topological polar surface area (TPSA) is 86.8 Å². The second-order valence-corrected chi connectivity index (χ2v) is 9.85. The Labute approximate surface area is 183 Å². The molecule has 2 aliphatic heterocycles. The zero-order valence-electron chi connectivity index (χ0n) is 17.6. The number of anilines is 1. The van der Waals surface area contributed by atoms with Gasteiger partial charge >= 0.3 is 0 Å². The normalized spacial score (nSPS) is 19.1. The van der Waals surface area contributed by atoms with E-state index in [0.29, 0.717) is 37.3 Å². The van der Waals surface area contributed by atoms with Crippen LogP contribution in [0.25, 0.3) is 0 Å². The fraction of sp³-hybridized carbons (Fsp3) is 0.391. The molecule has 0 radical (unpaired) electrons. The lowest BCUT2D eigenvalue weighted by Crippen LogP contribution is -2.48. The number of nitrogens with zero attached hydrogens (tertiary/aromatic N) is 2. The number of carbonyl (C=O) groups is 2. The molecule has 0 aliphatic carbocycles. The van der Waals surface area contributed by atoms with E-state index in [9.17, 15) is 18.0 Å². The van der Waals surface area contributed by atoms with Gasteiger partial charge in [-0.05, 0) is 55.7 Å². The van der Waals surface area contributed by atoms with Gasteiger partial charge in [0.15, 0.2) is 0 Å². The van der Waals surface area contributed by atoms with Crippen molar-refractivity contribution in [3.63, 3.8) is 0 Å². The van der Waals surface area contributed by atoms with Gasteiger partial charge in [-0.1, -0.05) is 24.6 Å². The Bertz CT molecular complexity index is 1080. The molecule has 2 aromatic carbocycles. The summed E-state index contributed by atoms with van der Waals surface area (Å²) in [6.07, 6.45) is 3.23. The van der Waals surface area contributed by atoms with Gasteiger partial charge in [0.1, 0.15) is 6.04 Å². The van der Waals surface area contributed by atoms with Crippen LogP contribution < -0.4 is 10.2 Å². The van der Waals surface area contributed by atoms with Gasteiger partial charge in [0.05, 0.1) is 4.90 Å². The smallest absolute Gasteiger partial charge is 0.259 e. The minimum absolute atomic E-state index is 0.188. The van der Waals surface area contributed by atoms with Crippen molar-refractivity contribution in [2.75, 3.05) is 24.5 Å². The van der Waals surface area contributed by atoms with Crippen molar-refractivity contribution in [3.8, 4) is 0 Å². The lowest BCUT2D eigenvalue weighted by Gasteiger charge is -2.26. The highest BCUT2D eigenvalue weighted by atomic mass is 32.2. The Kier molecular flexibility index (Phi) is 6.11. The highest BCUT2D eigenvalue weighted by molar-refractivity contribution is 7.89. The van der Waals surface area contributed by atoms with Crippen molar-refractivity contribution in [1.29, 1.82) is 0 Å². The number of nitrogens with one attached hydrogen (secondary N) is 1. The number of piperidine rings is 1. The zero-order chi connectivity index (χ0) is 22.0. The average Bonchev–Trinajstić information content (AvgIpc) is 3.19. The summed E-state index contributed by atoms with van der Waals surface area (Å²) in [6, 6.07) is 12.9. The Balaban J connectivity index is 1.61. The number of amides is 2. The molecule has 1 N–H and O–H groups in total. The van der Waals surface area contributed by atoms with Gasteiger partial charge in [-0.2, -0.15) is 4.31 Å². The standard InChI is InChI=1S/C23H27N3O4S/c1-2-24-22(27)21-16-18-8-4-5-9-20(18)26(21)23(28)17-10-12-19(13-11-17)31(29,30)25-14-6-3-7-15-25/h4-5,8-13,21H,2-3,6-7,14-16H2,1H3,(H,24,27). The van der Waals surface area contributed by atoms with E-state index in [-0.39, 0.29) is 16.7 Å². The van der Waals surface area contributed by atoms with Gasteiger partial charge in [-0.25, -0.2) is 8.42 Å². The summed E-state index contributed by atoms with van der Waals surface area (Å²) < 4.78 is 27.3. The molecule has 2 heterocycles.